The van der Waals surface area contributed by atoms with Gasteiger partial charge in [0.2, 0.25) is 0 Å². The third-order valence-electron chi connectivity index (χ3n) is 3.24. The molecule has 17 heavy (non-hydrogen) atoms. The van der Waals surface area contributed by atoms with E-state index in [4.69, 9.17) is 5.73 Å². The smallest absolute Gasteiger partial charge is 0.125 e. The average Bonchev–Trinajstić information content (AvgIpc) is 2.58. The molecule has 2 heterocycles. The Morgan fingerprint density at radius 3 is 2.71 bits per heavy atom. The van der Waals surface area contributed by atoms with Crippen LogP contribution in [0.2, 0.25) is 0 Å². The summed E-state index contributed by atoms with van der Waals surface area (Å²) in [5.41, 5.74) is 6.69. The van der Waals surface area contributed by atoms with Crippen LogP contribution in [0.3, 0.4) is 0 Å². The average molecular weight is 234 g/mol. The summed E-state index contributed by atoms with van der Waals surface area (Å²) in [6.07, 6.45) is 7.23. The van der Waals surface area contributed by atoms with Gasteiger partial charge >= 0.3 is 0 Å². The number of nitrogens with zero attached hydrogens (tertiary/aromatic N) is 2. The van der Waals surface area contributed by atoms with Gasteiger partial charge in [-0.25, -0.2) is 4.98 Å². The maximum atomic E-state index is 5.63. The van der Waals surface area contributed by atoms with Crippen molar-refractivity contribution >= 4 is 11.5 Å². The zero-order valence-corrected chi connectivity index (χ0v) is 10.4. The zero-order chi connectivity index (χ0) is 11.9. The number of nitrogen functional groups attached to an aromatic ring is 1. The van der Waals surface area contributed by atoms with Gasteiger partial charge in [-0.05, 0) is 32.0 Å². The summed E-state index contributed by atoms with van der Waals surface area (Å²) in [6, 6.07) is 3.83. The van der Waals surface area contributed by atoms with Gasteiger partial charge < -0.3 is 16.0 Å². The first-order chi connectivity index (χ1) is 8.34. The van der Waals surface area contributed by atoms with Crippen LogP contribution in [0, 0.1) is 0 Å². The number of nitrogens with one attached hydrogen (secondary N) is 1. The summed E-state index contributed by atoms with van der Waals surface area (Å²) in [7, 11) is 0. The number of aromatic nitrogens is 1. The maximum Gasteiger partial charge on any atom is 0.125 e. The van der Waals surface area contributed by atoms with Crippen LogP contribution in [-0.4, -0.2) is 36.1 Å². The van der Waals surface area contributed by atoms with Crippen molar-refractivity contribution in [3.63, 3.8) is 0 Å². The van der Waals surface area contributed by atoms with Crippen molar-refractivity contribution in [2.75, 3.05) is 37.2 Å². The molecule has 0 spiro atoms. The Bertz CT molecular complexity index is 332. The van der Waals surface area contributed by atoms with Crippen molar-refractivity contribution in [2.45, 2.75) is 25.7 Å². The summed E-state index contributed by atoms with van der Waals surface area (Å²) >= 11 is 0. The molecule has 0 aliphatic carbocycles. The molecule has 1 aromatic rings. The molecule has 0 atom stereocenters. The first kappa shape index (κ1) is 12.2. The van der Waals surface area contributed by atoms with E-state index in [-0.39, 0.29) is 0 Å². The van der Waals surface area contributed by atoms with Crippen molar-refractivity contribution < 1.29 is 0 Å². The van der Waals surface area contributed by atoms with Crippen LogP contribution < -0.4 is 11.1 Å². The quantitative estimate of drug-likeness (QED) is 0.836. The Labute approximate surface area is 103 Å². The molecular weight excluding hydrogens is 212 g/mol. The molecule has 0 unspecified atom stereocenters. The molecule has 0 radical (unpaired) electrons. The molecule has 0 bridgehead atoms. The van der Waals surface area contributed by atoms with E-state index < -0.39 is 0 Å². The molecule has 94 valence electrons. The largest absolute Gasteiger partial charge is 0.384 e. The minimum absolute atomic E-state index is 0.574. The molecule has 1 fully saturated rings. The molecule has 0 amide bonds. The van der Waals surface area contributed by atoms with Crippen LogP contribution >= 0.6 is 0 Å². The molecule has 4 nitrogen and oxygen atoms in total. The van der Waals surface area contributed by atoms with Crippen LogP contribution in [0.15, 0.2) is 18.3 Å². The van der Waals surface area contributed by atoms with Gasteiger partial charge in [-0.2, -0.15) is 0 Å². The second-order valence-electron chi connectivity index (χ2n) is 4.65. The van der Waals surface area contributed by atoms with Crippen LogP contribution in [0.1, 0.15) is 25.7 Å². The van der Waals surface area contributed by atoms with Gasteiger partial charge in [0, 0.05) is 31.0 Å². The molecule has 0 aromatic carbocycles. The molecular formula is C13H22N4. The summed E-state index contributed by atoms with van der Waals surface area (Å²) in [6.45, 7) is 4.59. The maximum absolute atomic E-state index is 5.63. The normalized spacial score (nSPS) is 17.6. The second kappa shape index (κ2) is 6.45. The molecule has 2 rings (SSSR count). The lowest BCUT2D eigenvalue weighted by atomic mass is 10.2. The highest BCUT2D eigenvalue weighted by atomic mass is 15.1. The van der Waals surface area contributed by atoms with Gasteiger partial charge in [-0.15, -0.1) is 0 Å². The van der Waals surface area contributed by atoms with Gasteiger partial charge in [-0.1, -0.05) is 12.8 Å². The van der Waals surface area contributed by atoms with E-state index in [2.05, 4.69) is 15.2 Å². The van der Waals surface area contributed by atoms with Crippen molar-refractivity contribution in [1.82, 2.24) is 9.88 Å². The van der Waals surface area contributed by atoms with Crippen LogP contribution in [0.4, 0.5) is 11.5 Å². The number of pyridine rings is 1. The SMILES string of the molecule is Nc1cc(NCCN2CCCCCC2)ccn1. The Balaban J connectivity index is 1.71. The van der Waals surface area contributed by atoms with E-state index >= 15 is 0 Å². The highest BCUT2D eigenvalue weighted by molar-refractivity contribution is 5.49. The molecule has 0 saturated carbocycles. The van der Waals surface area contributed by atoms with Gasteiger partial charge in [0.05, 0.1) is 0 Å². The Kier molecular flexibility index (Phi) is 4.62. The van der Waals surface area contributed by atoms with E-state index in [0.717, 1.165) is 18.8 Å². The fourth-order valence-electron chi connectivity index (χ4n) is 2.28. The Morgan fingerprint density at radius 1 is 1.24 bits per heavy atom. The van der Waals surface area contributed by atoms with Gasteiger partial charge in [-0.3, -0.25) is 0 Å². The number of nitrogens with two attached hydrogens (primary N) is 1. The molecule has 1 aliphatic heterocycles. The molecule has 3 N–H and O–H groups in total. The van der Waals surface area contributed by atoms with E-state index in [1.807, 2.05) is 12.1 Å². The minimum atomic E-state index is 0.574. The van der Waals surface area contributed by atoms with E-state index in [9.17, 15) is 0 Å². The molecule has 1 saturated heterocycles. The lowest BCUT2D eigenvalue weighted by Gasteiger charge is -2.20. The van der Waals surface area contributed by atoms with Crippen molar-refractivity contribution in [1.29, 1.82) is 0 Å². The van der Waals surface area contributed by atoms with Crippen LogP contribution in [0.5, 0.6) is 0 Å². The fraction of sp³-hybridized carbons (Fsp3) is 0.615. The zero-order valence-electron chi connectivity index (χ0n) is 10.4. The Morgan fingerprint density at radius 2 is 2.00 bits per heavy atom. The summed E-state index contributed by atoms with van der Waals surface area (Å²) in [4.78, 5) is 6.52. The molecule has 1 aliphatic rings. The lowest BCUT2D eigenvalue weighted by molar-refractivity contribution is 0.296. The predicted molar refractivity (Wildman–Crippen MR) is 72.0 cm³/mol. The van der Waals surface area contributed by atoms with E-state index in [1.165, 1.54) is 38.8 Å². The monoisotopic (exact) mass is 234 g/mol. The first-order valence-corrected chi connectivity index (χ1v) is 6.52. The summed E-state index contributed by atoms with van der Waals surface area (Å²) in [5.74, 6) is 0.574. The Hall–Kier alpha value is -1.29. The number of hydrogen-bond acceptors (Lipinski definition) is 4. The lowest BCUT2D eigenvalue weighted by Crippen LogP contribution is -2.29. The van der Waals surface area contributed by atoms with Gasteiger partial charge in [0.1, 0.15) is 5.82 Å². The highest BCUT2D eigenvalue weighted by Crippen LogP contribution is 2.10. The topological polar surface area (TPSA) is 54.2 Å². The third kappa shape index (κ3) is 4.23. The summed E-state index contributed by atoms with van der Waals surface area (Å²) < 4.78 is 0. The van der Waals surface area contributed by atoms with Crippen molar-refractivity contribution in [3.05, 3.63) is 18.3 Å². The fourth-order valence-corrected chi connectivity index (χ4v) is 2.28. The van der Waals surface area contributed by atoms with E-state index in [1.54, 1.807) is 6.20 Å². The number of hydrogen-bond donors (Lipinski definition) is 2. The number of rotatable bonds is 4. The predicted octanol–water partition coefficient (Wildman–Crippen LogP) is 1.95. The summed E-state index contributed by atoms with van der Waals surface area (Å²) in [5, 5.41) is 3.39. The van der Waals surface area contributed by atoms with E-state index in [0.29, 0.717) is 5.82 Å². The van der Waals surface area contributed by atoms with Crippen molar-refractivity contribution in [3.8, 4) is 0 Å². The number of anilines is 2. The van der Waals surface area contributed by atoms with Crippen molar-refractivity contribution in [2.24, 2.45) is 0 Å². The van der Waals surface area contributed by atoms with Crippen LogP contribution in [0.25, 0.3) is 0 Å². The second-order valence-corrected chi connectivity index (χ2v) is 4.65. The minimum Gasteiger partial charge on any atom is -0.384 e. The van der Waals surface area contributed by atoms with Crippen LogP contribution in [-0.2, 0) is 0 Å². The first-order valence-electron chi connectivity index (χ1n) is 6.52. The molecule has 1 aromatic heterocycles. The highest BCUT2D eigenvalue weighted by Gasteiger charge is 2.07. The standard InChI is InChI=1S/C13H22N4/c14-13-11-12(5-6-16-13)15-7-10-17-8-3-1-2-4-9-17/h5-6,11H,1-4,7-10H2,(H3,14,15,16). The van der Waals surface area contributed by atoms with Gasteiger partial charge in [0.25, 0.3) is 0 Å². The van der Waals surface area contributed by atoms with Gasteiger partial charge in [0.15, 0.2) is 0 Å². The molecule has 4 heteroatoms. The number of likely N-dealkylation sites (tertiary alicyclic amines) is 1. The third-order valence-corrected chi connectivity index (χ3v) is 3.24.